The molecule has 0 aromatic heterocycles. The Hall–Kier alpha value is -0.870. The van der Waals surface area contributed by atoms with Crippen molar-refractivity contribution in [3.05, 3.63) is 30.3 Å². The van der Waals surface area contributed by atoms with Crippen molar-refractivity contribution in [2.24, 2.45) is 5.92 Å². The van der Waals surface area contributed by atoms with Crippen LogP contribution in [0.5, 0.6) is 0 Å². The first-order chi connectivity index (χ1) is 9.18. The van der Waals surface area contributed by atoms with Gasteiger partial charge in [-0.1, -0.05) is 31.0 Å². The molecule has 1 aromatic rings. The standard InChI is InChI=1S/C15H21NO2S/c17-19(18,15-10-2-1-3-11-15)16-12-13-6-4-8-14(16)9-5-7-13/h1-3,10-11,13-14H,4-9,12H2. The van der Waals surface area contributed by atoms with Crippen molar-refractivity contribution < 1.29 is 8.42 Å². The van der Waals surface area contributed by atoms with Gasteiger partial charge in [-0.25, -0.2) is 8.42 Å². The van der Waals surface area contributed by atoms with Crippen LogP contribution in [0.15, 0.2) is 35.2 Å². The highest BCUT2D eigenvalue weighted by Gasteiger charge is 2.36. The molecule has 0 N–H and O–H groups in total. The monoisotopic (exact) mass is 279 g/mol. The molecule has 2 bridgehead atoms. The summed E-state index contributed by atoms with van der Waals surface area (Å²) in [6.45, 7) is 0.724. The molecule has 1 aromatic carbocycles. The van der Waals surface area contributed by atoms with Crippen molar-refractivity contribution in [2.75, 3.05) is 6.54 Å². The summed E-state index contributed by atoms with van der Waals surface area (Å²) < 4.78 is 27.4. The zero-order valence-electron chi connectivity index (χ0n) is 11.2. The highest BCUT2D eigenvalue weighted by Crippen LogP contribution is 2.34. The van der Waals surface area contributed by atoms with Crippen LogP contribution in [0.3, 0.4) is 0 Å². The maximum absolute atomic E-state index is 12.8. The molecule has 3 nitrogen and oxygen atoms in total. The van der Waals surface area contributed by atoms with Crippen molar-refractivity contribution in [1.82, 2.24) is 4.31 Å². The Morgan fingerprint density at radius 2 is 1.58 bits per heavy atom. The lowest BCUT2D eigenvalue weighted by Crippen LogP contribution is -2.40. The third-order valence-corrected chi connectivity index (χ3v) is 6.43. The molecule has 0 unspecified atom stereocenters. The maximum Gasteiger partial charge on any atom is 0.243 e. The van der Waals surface area contributed by atoms with E-state index in [1.165, 1.54) is 25.7 Å². The van der Waals surface area contributed by atoms with E-state index in [-0.39, 0.29) is 6.04 Å². The average molecular weight is 279 g/mol. The fourth-order valence-electron chi connectivity index (χ4n) is 3.47. The topological polar surface area (TPSA) is 37.4 Å². The van der Waals surface area contributed by atoms with Gasteiger partial charge in [0.1, 0.15) is 0 Å². The minimum atomic E-state index is -3.31. The Morgan fingerprint density at radius 3 is 2.21 bits per heavy atom. The highest BCUT2D eigenvalue weighted by molar-refractivity contribution is 7.89. The van der Waals surface area contributed by atoms with Crippen LogP contribution in [0.25, 0.3) is 0 Å². The van der Waals surface area contributed by atoms with Gasteiger partial charge in [0.25, 0.3) is 0 Å². The summed E-state index contributed by atoms with van der Waals surface area (Å²) in [6.07, 6.45) is 6.80. The first-order valence-electron chi connectivity index (χ1n) is 7.25. The molecule has 2 aliphatic rings. The van der Waals surface area contributed by atoms with Crippen molar-refractivity contribution in [2.45, 2.75) is 49.5 Å². The fraction of sp³-hybridized carbons (Fsp3) is 0.600. The second-order valence-electron chi connectivity index (χ2n) is 5.77. The fourth-order valence-corrected chi connectivity index (χ4v) is 5.25. The normalized spacial score (nSPS) is 28.8. The van der Waals surface area contributed by atoms with Gasteiger partial charge in [-0.3, -0.25) is 0 Å². The Labute approximate surface area is 115 Å². The van der Waals surface area contributed by atoms with E-state index in [1.54, 1.807) is 28.6 Å². The molecular weight excluding hydrogens is 258 g/mol. The predicted octanol–water partition coefficient (Wildman–Crippen LogP) is 3.03. The maximum atomic E-state index is 12.8. The molecule has 0 atom stereocenters. The summed E-state index contributed by atoms with van der Waals surface area (Å²) in [5, 5.41) is 0. The SMILES string of the molecule is O=S(=O)(c1ccccc1)N1CC2CCCC1CCC2. The second-order valence-corrected chi connectivity index (χ2v) is 7.66. The molecule has 2 saturated heterocycles. The van der Waals surface area contributed by atoms with Gasteiger partial charge in [0, 0.05) is 12.6 Å². The molecule has 3 rings (SSSR count). The molecule has 0 radical (unpaired) electrons. The minimum absolute atomic E-state index is 0.220. The molecule has 0 spiro atoms. The van der Waals surface area contributed by atoms with Crippen molar-refractivity contribution in [1.29, 1.82) is 0 Å². The summed E-state index contributed by atoms with van der Waals surface area (Å²) in [5.41, 5.74) is 0. The van der Waals surface area contributed by atoms with Crippen LogP contribution in [0.2, 0.25) is 0 Å². The van der Waals surface area contributed by atoms with Crippen LogP contribution >= 0.6 is 0 Å². The number of sulfonamides is 1. The average Bonchev–Trinajstić information content (AvgIpc) is 2.72. The molecule has 2 aliphatic heterocycles. The number of hydrogen-bond acceptors (Lipinski definition) is 2. The smallest absolute Gasteiger partial charge is 0.207 e. The minimum Gasteiger partial charge on any atom is -0.207 e. The first-order valence-corrected chi connectivity index (χ1v) is 8.69. The lowest BCUT2D eigenvalue weighted by Gasteiger charge is -2.28. The third-order valence-electron chi connectivity index (χ3n) is 4.49. The van der Waals surface area contributed by atoms with Crippen LogP contribution in [-0.4, -0.2) is 25.3 Å². The Balaban J connectivity index is 1.96. The summed E-state index contributed by atoms with van der Waals surface area (Å²) in [5.74, 6) is 0.561. The summed E-state index contributed by atoms with van der Waals surface area (Å²) in [6, 6.07) is 9.11. The zero-order chi connectivity index (χ0) is 13.3. The van der Waals surface area contributed by atoms with Crippen LogP contribution in [-0.2, 0) is 10.0 Å². The number of nitrogens with zero attached hydrogens (tertiary/aromatic N) is 1. The van der Waals surface area contributed by atoms with Gasteiger partial charge >= 0.3 is 0 Å². The molecule has 2 heterocycles. The predicted molar refractivity (Wildman–Crippen MR) is 75.3 cm³/mol. The van der Waals surface area contributed by atoms with Crippen LogP contribution in [0, 0.1) is 5.92 Å². The van der Waals surface area contributed by atoms with Crippen molar-refractivity contribution >= 4 is 10.0 Å². The summed E-state index contributed by atoms with van der Waals surface area (Å²) in [4.78, 5) is 0.447. The second kappa shape index (κ2) is 5.25. The zero-order valence-corrected chi connectivity index (χ0v) is 12.0. The van der Waals surface area contributed by atoms with E-state index < -0.39 is 10.0 Å². The first kappa shape index (κ1) is 13.1. The lowest BCUT2D eigenvalue weighted by atomic mass is 9.93. The summed E-state index contributed by atoms with van der Waals surface area (Å²) >= 11 is 0. The highest BCUT2D eigenvalue weighted by atomic mass is 32.2. The summed E-state index contributed by atoms with van der Waals surface area (Å²) in [7, 11) is -3.31. The lowest BCUT2D eigenvalue weighted by molar-refractivity contribution is 0.311. The van der Waals surface area contributed by atoms with E-state index in [9.17, 15) is 8.42 Å². The molecular formula is C15H21NO2S. The Morgan fingerprint density at radius 1 is 0.947 bits per heavy atom. The molecule has 0 amide bonds. The van der Waals surface area contributed by atoms with Gasteiger partial charge in [0.05, 0.1) is 4.90 Å². The number of hydrogen-bond donors (Lipinski definition) is 0. The van der Waals surface area contributed by atoms with Gasteiger partial charge in [0.2, 0.25) is 10.0 Å². The van der Waals surface area contributed by atoms with E-state index in [2.05, 4.69) is 0 Å². The van der Waals surface area contributed by atoms with E-state index in [0.29, 0.717) is 10.8 Å². The van der Waals surface area contributed by atoms with Gasteiger partial charge in [-0.05, 0) is 43.7 Å². The number of fused-ring (bicyclic) bond motifs is 3. The van der Waals surface area contributed by atoms with Crippen LogP contribution in [0.4, 0.5) is 0 Å². The molecule has 0 aliphatic carbocycles. The number of rotatable bonds is 2. The van der Waals surface area contributed by atoms with Crippen LogP contribution in [0.1, 0.15) is 38.5 Å². The van der Waals surface area contributed by atoms with E-state index in [0.717, 1.165) is 19.4 Å². The van der Waals surface area contributed by atoms with Gasteiger partial charge in [-0.2, -0.15) is 4.31 Å². The number of benzene rings is 1. The molecule has 2 fully saturated rings. The Bertz CT molecular complexity index is 516. The van der Waals surface area contributed by atoms with Gasteiger partial charge in [-0.15, -0.1) is 0 Å². The molecule has 19 heavy (non-hydrogen) atoms. The van der Waals surface area contributed by atoms with E-state index in [1.807, 2.05) is 6.07 Å². The molecule has 4 heteroatoms. The van der Waals surface area contributed by atoms with Gasteiger partial charge in [0.15, 0.2) is 0 Å². The molecule has 104 valence electrons. The van der Waals surface area contributed by atoms with Gasteiger partial charge < -0.3 is 0 Å². The third kappa shape index (κ3) is 2.56. The van der Waals surface area contributed by atoms with Crippen molar-refractivity contribution in [3.63, 3.8) is 0 Å². The molecule has 0 saturated carbocycles. The van der Waals surface area contributed by atoms with E-state index in [4.69, 9.17) is 0 Å². The Kier molecular flexibility index (Phi) is 3.63. The largest absolute Gasteiger partial charge is 0.243 e. The van der Waals surface area contributed by atoms with Crippen LogP contribution < -0.4 is 0 Å². The van der Waals surface area contributed by atoms with Crippen molar-refractivity contribution in [3.8, 4) is 0 Å². The van der Waals surface area contributed by atoms with E-state index >= 15 is 0 Å². The quantitative estimate of drug-likeness (QED) is 0.834.